The van der Waals surface area contributed by atoms with Gasteiger partial charge in [-0.05, 0) is 89.5 Å². The van der Waals surface area contributed by atoms with Gasteiger partial charge in [0.05, 0.1) is 23.5 Å². The van der Waals surface area contributed by atoms with Crippen LogP contribution in [0.5, 0.6) is 0 Å². The Kier molecular flexibility index (Phi) is 9.28. The van der Waals surface area contributed by atoms with Crippen LogP contribution in [-0.4, -0.2) is 62.5 Å². The first-order valence-corrected chi connectivity index (χ1v) is 16.3. The van der Waals surface area contributed by atoms with Crippen molar-refractivity contribution < 1.29 is 4.79 Å². The molecule has 6 rings (SSSR count). The summed E-state index contributed by atoms with van der Waals surface area (Å²) in [7, 11) is 0. The summed E-state index contributed by atoms with van der Waals surface area (Å²) in [5, 5.41) is 4.31. The van der Waals surface area contributed by atoms with Gasteiger partial charge in [-0.15, -0.1) is 0 Å². The van der Waals surface area contributed by atoms with Gasteiger partial charge in [-0.1, -0.05) is 48.0 Å². The molecule has 1 aliphatic carbocycles. The molecule has 0 spiro atoms. The number of aryl methyl sites for hydroxylation is 5. The summed E-state index contributed by atoms with van der Waals surface area (Å²) in [6.07, 6.45) is 6.65. The first-order chi connectivity index (χ1) is 20.9. The van der Waals surface area contributed by atoms with E-state index in [1.165, 1.54) is 16.7 Å². The van der Waals surface area contributed by atoms with Crippen molar-refractivity contribution in [1.29, 1.82) is 0 Å². The molecule has 7 nitrogen and oxygen atoms in total. The molecule has 1 saturated heterocycles. The summed E-state index contributed by atoms with van der Waals surface area (Å²) in [6, 6.07) is 18.4. The summed E-state index contributed by atoms with van der Waals surface area (Å²) in [5.74, 6) is 1.15. The highest BCUT2D eigenvalue weighted by Crippen LogP contribution is 2.38. The Bertz CT molecular complexity index is 1540. The predicted octanol–water partition coefficient (Wildman–Crippen LogP) is 5.89. The SMILES string of the molecule is Cc1cn(CCCN(Cc2ccccc2)C(=O)[C@H]2CN(C3c4ccc(Cl)cc4CCc4cc(Br)cnc43)CCN2)c(C)n1. The number of hydrogen-bond donors (Lipinski definition) is 1. The van der Waals surface area contributed by atoms with Crippen molar-refractivity contribution in [3.05, 3.63) is 116 Å². The number of nitrogens with zero attached hydrogens (tertiary/aromatic N) is 5. The van der Waals surface area contributed by atoms with E-state index in [4.69, 9.17) is 16.6 Å². The van der Waals surface area contributed by atoms with Crippen molar-refractivity contribution in [3.63, 3.8) is 0 Å². The van der Waals surface area contributed by atoms with Gasteiger partial charge in [0.2, 0.25) is 5.91 Å². The van der Waals surface area contributed by atoms with Crippen LogP contribution in [0.1, 0.15) is 51.9 Å². The predicted molar refractivity (Wildman–Crippen MR) is 174 cm³/mol. The Balaban J connectivity index is 1.25. The largest absolute Gasteiger partial charge is 0.337 e. The summed E-state index contributed by atoms with van der Waals surface area (Å²) >= 11 is 10.1. The summed E-state index contributed by atoms with van der Waals surface area (Å²) in [4.78, 5) is 28.2. The maximum Gasteiger partial charge on any atom is 0.241 e. The summed E-state index contributed by atoms with van der Waals surface area (Å²) in [6.45, 7) is 8.30. The van der Waals surface area contributed by atoms with Gasteiger partial charge < -0.3 is 14.8 Å². The number of rotatable bonds is 8. The normalized spacial score (nSPS) is 18.5. The molecular formula is C34H38BrClN6O. The van der Waals surface area contributed by atoms with Crippen molar-refractivity contribution >= 4 is 33.4 Å². The van der Waals surface area contributed by atoms with Crippen LogP contribution in [0.15, 0.2) is 71.5 Å². The van der Waals surface area contributed by atoms with Gasteiger partial charge in [0, 0.05) is 61.2 Å². The number of imidazole rings is 1. The lowest BCUT2D eigenvalue weighted by molar-refractivity contribution is -0.135. The van der Waals surface area contributed by atoms with Crippen molar-refractivity contribution in [2.45, 2.75) is 58.3 Å². The first-order valence-electron chi connectivity index (χ1n) is 15.1. The van der Waals surface area contributed by atoms with Crippen molar-refractivity contribution in [1.82, 2.24) is 29.7 Å². The summed E-state index contributed by atoms with van der Waals surface area (Å²) in [5.41, 5.74) is 6.96. The standard InChI is InChI=1S/C34H38BrClN6O/c1-23-20-40(24(2)39-23)14-6-15-42(21-25-7-4-3-5-8-25)34(43)31-22-41(16-13-37-31)33-30-12-11-29(36)18-26(30)9-10-27-17-28(35)19-38-32(27)33/h3-5,7-8,11-12,17-20,31,33,37H,6,9-10,13-16,21-22H2,1-2H3/t31-,33?/m1/s1. The number of carbonyl (C=O) groups excluding carboxylic acids is 1. The fourth-order valence-electron chi connectivity index (χ4n) is 6.57. The lowest BCUT2D eigenvalue weighted by Gasteiger charge is -2.40. The number of benzene rings is 2. The third-order valence-corrected chi connectivity index (χ3v) is 9.28. The maximum absolute atomic E-state index is 14.3. The van der Waals surface area contributed by atoms with Crippen LogP contribution in [0.3, 0.4) is 0 Å². The smallest absolute Gasteiger partial charge is 0.241 e. The van der Waals surface area contributed by atoms with Gasteiger partial charge in [0.25, 0.3) is 0 Å². The number of carbonyl (C=O) groups is 1. The molecule has 1 N–H and O–H groups in total. The maximum atomic E-state index is 14.3. The van der Waals surface area contributed by atoms with Gasteiger partial charge in [-0.3, -0.25) is 14.7 Å². The van der Waals surface area contributed by atoms with Gasteiger partial charge in [0.15, 0.2) is 0 Å². The number of pyridine rings is 1. The lowest BCUT2D eigenvalue weighted by atomic mass is 9.95. The fourth-order valence-corrected chi connectivity index (χ4v) is 7.15. The number of aromatic nitrogens is 3. The van der Waals surface area contributed by atoms with E-state index >= 15 is 0 Å². The molecule has 0 saturated carbocycles. The number of hydrogen-bond acceptors (Lipinski definition) is 5. The molecule has 0 radical (unpaired) electrons. The Morgan fingerprint density at radius 1 is 1.12 bits per heavy atom. The molecule has 2 atom stereocenters. The molecule has 2 aromatic heterocycles. The Morgan fingerprint density at radius 2 is 1.93 bits per heavy atom. The van der Waals surface area contributed by atoms with Crippen LogP contribution in [0.4, 0.5) is 0 Å². The van der Waals surface area contributed by atoms with Crippen LogP contribution in [0.2, 0.25) is 5.02 Å². The van der Waals surface area contributed by atoms with Crippen molar-refractivity contribution in [3.8, 4) is 0 Å². The monoisotopic (exact) mass is 660 g/mol. The third-order valence-electron chi connectivity index (χ3n) is 8.61. The van der Waals surface area contributed by atoms with E-state index in [0.717, 1.165) is 71.2 Å². The van der Waals surface area contributed by atoms with Crippen LogP contribution < -0.4 is 5.32 Å². The number of fused-ring (bicyclic) bond motifs is 2. The highest BCUT2D eigenvalue weighted by Gasteiger charge is 2.36. The van der Waals surface area contributed by atoms with E-state index in [2.05, 4.69) is 72.2 Å². The lowest BCUT2D eigenvalue weighted by Crippen LogP contribution is -2.58. The van der Waals surface area contributed by atoms with Crippen LogP contribution in [-0.2, 0) is 30.7 Å². The first kappa shape index (κ1) is 30.0. The highest BCUT2D eigenvalue weighted by molar-refractivity contribution is 9.10. The van der Waals surface area contributed by atoms with Gasteiger partial charge in [0.1, 0.15) is 5.82 Å². The second-order valence-electron chi connectivity index (χ2n) is 11.7. The van der Waals surface area contributed by atoms with E-state index in [0.29, 0.717) is 19.6 Å². The van der Waals surface area contributed by atoms with Crippen LogP contribution in [0.25, 0.3) is 0 Å². The van der Waals surface area contributed by atoms with E-state index in [-0.39, 0.29) is 18.0 Å². The molecule has 1 aliphatic heterocycles. The molecule has 0 bridgehead atoms. The fraction of sp³-hybridized carbons (Fsp3) is 0.382. The molecule has 224 valence electrons. The third kappa shape index (κ3) is 6.88. The highest BCUT2D eigenvalue weighted by atomic mass is 79.9. The van der Waals surface area contributed by atoms with Gasteiger partial charge >= 0.3 is 0 Å². The average Bonchev–Trinajstić information content (AvgIpc) is 3.24. The van der Waals surface area contributed by atoms with Crippen molar-refractivity contribution in [2.75, 3.05) is 26.2 Å². The molecule has 1 fully saturated rings. The minimum absolute atomic E-state index is 0.0368. The summed E-state index contributed by atoms with van der Waals surface area (Å²) < 4.78 is 3.17. The molecule has 1 unspecified atom stereocenters. The minimum Gasteiger partial charge on any atom is -0.337 e. The Hall–Kier alpha value is -3.04. The zero-order valence-corrected chi connectivity index (χ0v) is 27.1. The van der Waals surface area contributed by atoms with Crippen LogP contribution >= 0.6 is 27.5 Å². The molecule has 43 heavy (non-hydrogen) atoms. The molecular weight excluding hydrogens is 624 g/mol. The number of halogens is 2. The van der Waals surface area contributed by atoms with Gasteiger partial charge in [-0.25, -0.2) is 4.98 Å². The van der Waals surface area contributed by atoms with Gasteiger partial charge in [-0.2, -0.15) is 0 Å². The Labute approximate surface area is 267 Å². The second-order valence-corrected chi connectivity index (χ2v) is 13.0. The van der Waals surface area contributed by atoms with E-state index in [1.807, 2.05) is 49.2 Å². The molecule has 4 aromatic rings. The van der Waals surface area contributed by atoms with E-state index in [1.54, 1.807) is 0 Å². The number of amides is 1. The van der Waals surface area contributed by atoms with Crippen LogP contribution in [0, 0.1) is 13.8 Å². The van der Waals surface area contributed by atoms with E-state index < -0.39 is 0 Å². The quantitative estimate of drug-likeness (QED) is 0.255. The average molecular weight is 662 g/mol. The minimum atomic E-state index is -0.312. The number of nitrogens with one attached hydrogen (secondary N) is 1. The van der Waals surface area contributed by atoms with E-state index in [9.17, 15) is 4.79 Å². The zero-order valence-electron chi connectivity index (χ0n) is 24.8. The molecule has 2 aromatic carbocycles. The Morgan fingerprint density at radius 3 is 2.72 bits per heavy atom. The molecule has 9 heteroatoms. The second kappa shape index (κ2) is 13.3. The topological polar surface area (TPSA) is 66.3 Å². The molecule has 3 heterocycles. The molecule has 2 aliphatic rings. The zero-order chi connectivity index (χ0) is 29.9. The number of piperazine rings is 1. The molecule has 1 amide bonds. The van der Waals surface area contributed by atoms with Crippen molar-refractivity contribution in [2.24, 2.45) is 0 Å².